The monoisotopic (exact) mass is 387 g/mol. The van der Waals surface area contributed by atoms with Crippen molar-refractivity contribution < 1.29 is 19.3 Å². The summed E-state index contributed by atoms with van der Waals surface area (Å²) >= 11 is 0. The fourth-order valence-electron chi connectivity index (χ4n) is 3.69. The third-order valence-corrected chi connectivity index (χ3v) is 5.32. The van der Waals surface area contributed by atoms with Crippen LogP contribution in [-0.4, -0.2) is 35.5 Å². The zero-order valence-electron chi connectivity index (χ0n) is 16.5. The fourth-order valence-corrected chi connectivity index (χ4v) is 3.69. The van der Waals surface area contributed by atoms with Gasteiger partial charge in [0.1, 0.15) is 29.5 Å². The molecule has 0 aliphatic carbocycles. The molecule has 0 fully saturated rings. The number of ether oxygens (including phenoxy) is 1. The van der Waals surface area contributed by atoms with E-state index in [1.165, 1.54) is 29.3 Å². The summed E-state index contributed by atoms with van der Waals surface area (Å²) in [5.41, 5.74) is 3.12. The van der Waals surface area contributed by atoms with Gasteiger partial charge in [0.05, 0.1) is 0 Å². The number of benzene rings is 2. The van der Waals surface area contributed by atoms with Gasteiger partial charge in [-0.3, -0.25) is 0 Å². The van der Waals surface area contributed by atoms with E-state index in [1.54, 1.807) is 0 Å². The molecule has 1 aliphatic rings. The largest absolute Gasteiger partial charge is 0.508 e. The van der Waals surface area contributed by atoms with Crippen LogP contribution in [0.1, 0.15) is 42.4 Å². The van der Waals surface area contributed by atoms with Gasteiger partial charge in [0.25, 0.3) is 0 Å². The van der Waals surface area contributed by atoms with Gasteiger partial charge in [0, 0.05) is 6.54 Å². The number of phenolic OH excluding ortho intramolecular Hbond substituents is 1. The predicted molar refractivity (Wildman–Crippen MR) is 108 cm³/mol. The van der Waals surface area contributed by atoms with E-state index in [-0.39, 0.29) is 17.7 Å². The average Bonchev–Trinajstić information content (AvgIpc) is 2.69. The fraction of sp³-hybridized carbons (Fsp3) is 0.478. The first-order chi connectivity index (χ1) is 13.5. The van der Waals surface area contributed by atoms with E-state index in [2.05, 4.69) is 18.3 Å². The van der Waals surface area contributed by atoms with Crippen LogP contribution in [0.4, 0.5) is 4.39 Å². The zero-order chi connectivity index (χ0) is 19.9. The van der Waals surface area contributed by atoms with E-state index >= 15 is 0 Å². The van der Waals surface area contributed by atoms with Crippen molar-refractivity contribution >= 4 is 0 Å². The molecule has 5 heteroatoms. The van der Waals surface area contributed by atoms with Gasteiger partial charge in [-0.25, -0.2) is 4.39 Å². The van der Waals surface area contributed by atoms with Gasteiger partial charge in [0.15, 0.2) is 0 Å². The molecule has 0 radical (unpaired) electrons. The van der Waals surface area contributed by atoms with Crippen LogP contribution >= 0.6 is 0 Å². The van der Waals surface area contributed by atoms with Crippen molar-refractivity contribution in [2.75, 3.05) is 13.1 Å². The summed E-state index contributed by atoms with van der Waals surface area (Å²) in [5, 5.41) is 23.4. The second kappa shape index (κ2) is 9.89. The van der Waals surface area contributed by atoms with E-state index in [0.29, 0.717) is 18.5 Å². The van der Waals surface area contributed by atoms with E-state index in [0.717, 1.165) is 44.4 Å². The van der Waals surface area contributed by atoms with E-state index in [9.17, 15) is 14.6 Å². The van der Waals surface area contributed by atoms with Gasteiger partial charge in [-0.15, -0.1) is 0 Å². The topological polar surface area (TPSA) is 61.7 Å². The van der Waals surface area contributed by atoms with Crippen LogP contribution in [0.15, 0.2) is 36.4 Å². The summed E-state index contributed by atoms with van der Waals surface area (Å²) < 4.78 is 19.2. The predicted octanol–water partition coefficient (Wildman–Crippen LogP) is 3.90. The molecule has 0 saturated carbocycles. The molecule has 2 atom stereocenters. The Hall–Kier alpha value is -2.11. The first-order valence-electron chi connectivity index (χ1n) is 10.2. The lowest BCUT2D eigenvalue weighted by Gasteiger charge is -2.30. The number of aryl methyl sites for hydroxylation is 3. The molecule has 0 saturated heterocycles. The van der Waals surface area contributed by atoms with Gasteiger partial charge < -0.3 is 20.3 Å². The number of aromatic hydroxyl groups is 1. The highest BCUT2D eigenvalue weighted by atomic mass is 19.1. The van der Waals surface area contributed by atoms with Gasteiger partial charge in [0.2, 0.25) is 0 Å². The normalized spacial score (nSPS) is 17.0. The van der Waals surface area contributed by atoms with Crippen LogP contribution in [0.25, 0.3) is 0 Å². The molecular formula is C23H30FNO3. The summed E-state index contributed by atoms with van der Waals surface area (Å²) in [6.45, 7) is 3.40. The van der Waals surface area contributed by atoms with Crippen molar-refractivity contribution in [3.8, 4) is 11.5 Å². The molecule has 2 aromatic carbocycles. The zero-order valence-corrected chi connectivity index (χ0v) is 16.5. The molecule has 0 aromatic heterocycles. The Morgan fingerprint density at radius 1 is 1.18 bits per heavy atom. The minimum Gasteiger partial charge on any atom is -0.508 e. The molecule has 0 spiro atoms. The molecule has 2 aromatic rings. The van der Waals surface area contributed by atoms with Crippen LogP contribution in [0.2, 0.25) is 0 Å². The third kappa shape index (κ3) is 5.69. The van der Waals surface area contributed by atoms with Crippen LogP contribution in [0.3, 0.4) is 0 Å². The number of aliphatic hydroxyl groups is 1. The van der Waals surface area contributed by atoms with Crippen LogP contribution in [0, 0.1) is 12.7 Å². The van der Waals surface area contributed by atoms with Gasteiger partial charge in [-0.2, -0.15) is 0 Å². The molecule has 1 aliphatic heterocycles. The van der Waals surface area contributed by atoms with Crippen molar-refractivity contribution in [2.24, 2.45) is 0 Å². The Morgan fingerprint density at radius 2 is 2.04 bits per heavy atom. The van der Waals surface area contributed by atoms with Gasteiger partial charge in [-0.05, 0) is 81.0 Å². The Balaban J connectivity index is 1.30. The molecule has 3 N–H and O–H groups in total. The number of hydrogen-bond acceptors (Lipinski definition) is 4. The van der Waals surface area contributed by atoms with Gasteiger partial charge >= 0.3 is 0 Å². The summed E-state index contributed by atoms with van der Waals surface area (Å²) in [7, 11) is 0. The lowest BCUT2D eigenvalue weighted by Crippen LogP contribution is -2.41. The maximum Gasteiger partial charge on any atom is 0.126 e. The second-order valence-corrected chi connectivity index (χ2v) is 7.66. The molecule has 4 nitrogen and oxygen atoms in total. The molecule has 28 heavy (non-hydrogen) atoms. The number of fused-ring (bicyclic) bond motifs is 1. The number of hydrogen-bond donors (Lipinski definition) is 3. The van der Waals surface area contributed by atoms with E-state index in [1.807, 2.05) is 12.1 Å². The molecule has 0 bridgehead atoms. The number of halogens is 1. The Kier molecular flexibility index (Phi) is 7.29. The van der Waals surface area contributed by atoms with E-state index < -0.39 is 6.10 Å². The maximum atomic E-state index is 13.2. The highest BCUT2D eigenvalue weighted by Crippen LogP contribution is 2.29. The van der Waals surface area contributed by atoms with E-state index in [4.69, 9.17) is 4.74 Å². The second-order valence-electron chi connectivity index (χ2n) is 7.66. The Labute approximate surface area is 166 Å². The number of phenols is 1. The average molecular weight is 387 g/mol. The minimum absolute atomic E-state index is 0.159. The highest BCUT2D eigenvalue weighted by Gasteiger charge is 2.26. The molecule has 0 unspecified atom stereocenters. The number of aliphatic hydroxyl groups excluding tert-OH is 1. The van der Waals surface area contributed by atoms with Crippen LogP contribution in [0.5, 0.6) is 11.5 Å². The molecule has 1 heterocycles. The lowest BCUT2D eigenvalue weighted by molar-refractivity contribution is 0.0246. The molecule has 3 rings (SSSR count). The first-order valence-corrected chi connectivity index (χ1v) is 10.2. The lowest BCUT2D eigenvalue weighted by atomic mass is 9.97. The summed E-state index contributed by atoms with van der Waals surface area (Å²) in [4.78, 5) is 0. The van der Waals surface area contributed by atoms with Crippen LogP contribution < -0.4 is 10.1 Å². The van der Waals surface area contributed by atoms with Crippen molar-refractivity contribution in [3.63, 3.8) is 0 Å². The van der Waals surface area contributed by atoms with Crippen LogP contribution in [-0.2, 0) is 12.8 Å². The number of unbranched alkanes of at least 4 members (excludes halogenated alkanes) is 2. The SMILES string of the molecule is Cc1ccc2c(c1)CC[C@@H]([C@@H](O)CNCCCCCc1cc(F)ccc1O)O2. The minimum atomic E-state index is -0.529. The number of rotatable bonds is 9. The smallest absolute Gasteiger partial charge is 0.126 e. The summed E-state index contributed by atoms with van der Waals surface area (Å²) in [5.74, 6) is 0.736. The quantitative estimate of drug-likeness (QED) is 0.571. The summed E-state index contributed by atoms with van der Waals surface area (Å²) in [6.07, 6.45) is 4.58. The first kappa shape index (κ1) is 20.6. The Bertz CT molecular complexity index is 780. The Morgan fingerprint density at radius 3 is 2.89 bits per heavy atom. The standard InChI is InChI=1S/C23H30FNO3/c1-16-6-10-22-18(13-16)7-11-23(28-22)21(27)15-25-12-4-2-3-5-17-14-19(24)8-9-20(17)26/h6,8-10,13-14,21,23,25-27H,2-5,7,11-12,15H2,1H3/t21-,23-/m0/s1. The third-order valence-electron chi connectivity index (χ3n) is 5.32. The molecule has 0 amide bonds. The van der Waals surface area contributed by atoms with Gasteiger partial charge in [-0.1, -0.05) is 24.1 Å². The maximum absolute atomic E-state index is 13.2. The molecule has 152 valence electrons. The van der Waals surface area contributed by atoms with Crippen molar-refractivity contribution in [2.45, 2.75) is 57.7 Å². The number of nitrogens with one attached hydrogen (secondary N) is 1. The van der Waals surface area contributed by atoms with Crippen molar-refractivity contribution in [3.05, 3.63) is 58.9 Å². The molecular weight excluding hydrogens is 357 g/mol. The van der Waals surface area contributed by atoms with Crippen molar-refractivity contribution in [1.82, 2.24) is 5.32 Å². The highest BCUT2D eigenvalue weighted by molar-refractivity contribution is 5.38. The van der Waals surface area contributed by atoms with Crippen molar-refractivity contribution in [1.29, 1.82) is 0 Å². The summed E-state index contributed by atoms with van der Waals surface area (Å²) in [6, 6.07) is 10.3.